The summed E-state index contributed by atoms with van der Waals surface area (Å²) in [5.74, 6) is 0. The molecule has 0 fully saturated rings. The number of nitrogens with zero attached hydrogens (tertiary/aromatic N) is 2. The third-order valence-corrected chi connectivity index (χ3v) is 3.25. The molecule has 2 aromatic rings. The number of hydrogen-bond acceptors (Lipinski definition) is 1. The van der Waals surface area contributed by atoms with Crippen LogP contribution in [0.4, 0.5) is 0 Å². The summed E-state index contributed by atoms with van der Waals surface area (Å²) in [6.07, 6.45) is 5.75. The largest absolute Gasteiger partial charge is 0.257 e. The van der Waals surface area contributed by atoms with Crippen molar-refractivity contribution in [3.63, 3.8) is 0 Å². The zero-order valence-electron chi connectivity index (χ0n) is 7.19. The molecular weight excluding hydrogens is 402 g/mol. The van der Waals surface area contributed by atoms with Gasteiger partial charge in [-0.2, -0.15) is 4.57 Å². The quantitative estimate of drug-likeness (QED) is 0.402. The second-order valence-corrected chi connectivity index (χ2v) is 5.11. The molecule has 0 aliphatic carbocycles. The molecule has 0 aromatic carbocycles. The molecule has 0 bridgehead atoms. The molecule has 0 N–H and O–H groups in total. The van der Waals surface area contributed by atoms with E-state index in [4.69, 9.17) is 0 Å². The molecule has 0 aliphatic rings. The smallest absolute Gasteiger partial charge is 0.247 e. The van der Waals surface area contributed by atoms with Gasteiger partial charge in [-0.3, -0.25) is 4.98 Å². The van der Waals surface area contributed by atoms with Gasteiger partial charge >= 0.3 is 0 Å². The van der Waals surface area contributed by atoms with Gasteiger partial charge in [0.25, 0.3) is 0 Å². The molecule has 0 radical (unpaired) electrons. The Bertz CT molecular complexity index is 457. The van der Waals surface area contributed by atoms with Crippen molar-refractivity contribution in [2.45, 2.75) is 0 Å². The van der Waals surface area contributed by atoms with Crippen LogP contribution in [0.15, 0.2) is 42.9 Å². The highest BCUT2D eigenvalue weighted by Gasteiger charge is 2.10. The summed E-state index contributed by atoms with van der Waals surface area (Å²) in [5, 5.41) is 0. The molecule has 14 heavy (non-hydrogen) atoms. The first-order chi connectivity index (χ1) is 6.77. The van der Waals surface area contributed by atoms with Crippen LogP contribution in [-0.2, 0) is 0 Å². The number of aromatic nitrogens is 2. The summed E-state index contributed by atoms with van der Waals surface area (Å²) in [5.41, 5.74) is 1.10. The van der Waals surface area contributed by atoms with E-state index in [1.165, 1.54) is 3.70 Å². The predicted molar refractivity (Wildman–Crippen MR) is 71.2 cm³/mol. The van der Waals surface area contributed by atoms with E-state index >= 15 is 0 Å². The Morgan fingerprint density at radius 3 is 2.71 bits per heavy atom. The monoisotopic (exact) mass is 409 g/mol. The summed E-state index contributed by atoms with van der Waals surface area (Å²) in [6.45, 7) is 0. The Kier molecular flexibility index (Phi) is 3.32. The highest BCUT2D eigenvalue weighted by molar-refractivity contribution is 14.1. The minimum atomic E-state index is 1.10. The van der Waals surface area contributed by atoms with Crippen LogP contribution in [-0.4, -0.2) is 4.98 Å². The Hall–Kier alpha value is -0.240. The Morgan fingerprint density at radius 2 is 2.00 bits per heavy atom. The Labute approximate surface area is 110 Å². The van der Waals surface area contributed by atoms with Gasteiger partial charge in [-0.25, -0.2) is 0 Å². The molecule has 0 saturated carbocycles. The van der Waals surface area contributed by atoms with Crippen LogP contribution in [0, 0.1) is 7.27 Å². The minimum absolute atomic E-state index is 1.10. The molecule has 0 unspecified atom stereocenters. The van der Waals surface area contributed by atoms with E-state index in [0.29, 0.717) is 0 Å². The third-order valence-electron chi connectivity index (χ3n) is 1.78. The first kappa shape index (κ1) is 10.3. The fraction of sp³-hybridized carbons (Fsp3) is 0. The molecule has 4 heteroatoms. The lowest BCUT2D eigenvalue weighted by Gasteiger charge is -1.97. The highest BCUT2D eigenvalue weighted by atomic mass is 127. The maximum Gasteiger partial charge on any atom is 0.247 e. The molecule has 0 atom stereocenters. The predicted octanol–water partition coefficient (Wildman–Crippen LogP) is 2.57. The summed E-state index contributed by atoms with van der Waals surface area (Å²) >= 11 is 4.57. The van der Waals surface area contributed by atoms with Gasteiger partial charge in [0.2, 0.25) is 9.39 Å². The van der Waals surface area contributed by atoms with E-state index in [-0.39, 0.29) is 0 Å². The fourth-order valence-electron chi connectivity index (χ4n) is 1.16. The maximum absolute atomic E-state index is 4.17. The van der Waals surface area contributed by atoms with Crippen LogP contribution >= 0.6 is 45.2 Å². The van der Waals surface area contributed by atoms with E-state index in [1.807, 2.05) is 30.7 Å². The second kappa shape index (κ2) is 4.52. The number of pyridine rings is 2. The maximum atomic E-state index is 4.17. The van der Waals surface area contributed by atoms with Crippen molar-refractivity contribution >= 4 is 45.2 Å². The SMILES string of the molecule is Ic1cncc(-[n+]2ccccc2I)c1. The number of hydrogen-bond donors (Lipinski definition) is 0. The minimum Gasteiger partial charge on any atom is -0.257 e. The van der Waals surface area contributed by atoms with Crippen LogP contribution < -0.4 is 4.57 Å². The van der Waals surface area contributed by atoms with Crippen molar-refractivity contribution in [2.24, 2.45) is 0 Å². The molecule has 2 nitrogen and oxygen atoms in total. The standard InChI is InChI=1S/C10H7I2N2/c11-8-5-9(7-13-6-8)14-4-2-1-3-10(14)12/h1-7H/q+1. The Balaban J connectivity index is 2.55. The normalized spacial score (nSPS) is 10.1. The first-order valence-corrected chi connectivity index (χ1v) is 6.20. The van der Waals surface area contributed by atoms with Gasteiger partial charge < -0.3 is 0 Å². The topological polar surface area (TPSA) is 16.8 Å². The first-order valence-electron chi connectivity index (χ1n) is 4.04. The van der Waals surface area contributed by atoms with E-state index in [2.05, 4.69) is 66.9 Å². The lowest BCUT2D eigenvalue weighted by molar-refractivity contribution is -0.609. The fourth-order valence-corrected chi connectivity index (χ4v) is 2.29. The van der Waals surface area contributed by atoms with Crippen molar-refractivity contribution in [1.29, 1.82) is 0 Å². The average molecular weight is 409 g/mol. The van der Waals surface area contributed by atoms with E-state index in [0.717, 1.165) is 9.26 Å². The van der Waals surface area contributed by atoms with Crippen LogP contribution in [0.3, 0.4) is 0 Å². The zero-order chi connectivity index (χ0) is 9.97. The van der Waals surface area contributed by atoms with Crippen molar-refractivity contribution in [3.05, 3.63) is 50.1 Å². The molecule has 0 saturated heterocycles. The van der Waals surface area contributed by atoms with Crippen LogP contribution in [0.2, 0.25) is 0 Å². The molecule has 2 rings (SSSR count). The van der Waals surface area contributed by atoms with Gasteiger partial charge in [0.1, 0.15) is 0 Å². The summed E-state index contributed by atoms with van der Waals surface area (Å²) in [7, 11) is 0. The summed E-state index contributed by atoms with van der Waals surface area (Å²) in [4.78, 5) is 4.17. The Morgan fingerprint density at radius 1 is 1.14 bits per heavy atom. The molecule has 70 valence electrons. The second-order valence-electron chi connectivity index (χ2n) is 2.75. The van der Waals surface area contributed by atoms with Crippen molar-refractivity contribution in [3.8, 4) is 5.69 Å². The van der Waals surface area contributed by atoms with Gasteiger partial charge in [-0.15, -0.1) is 0 Å². The van der Waals surface area contributed by atoms with E-state index < -0.39 is 0 Å². The molecule has 0 spiro atoms. The van der Waals surface area contributed by atoms with Crippen molar-refractivity contribution < 1.29 is 4.57 Å². The van der Waals surface area contributed by atoms with Gasteiger partial charge in [0.15, 0.2) is 6.20 Å². The lowest BCUT2D eigenvalue weighted by Crippen LogP contribution is -2.33. The van der Waals surface area contributed by atoms with E-state index in [1.54, 1.807) is 0 Å². The van der Waals surface area contributed by atoms with Crippen LogP contribution in [0.5, 0.6) is 0 Å². The van der Waals surface area contributed by atoms with Crippen LogP contribution in [0.25, 0.3) is 5.69 Å². The summed E-state index contributed by atoms with van der Waals surface area (Å²) < 4.78 is 4.43. The molecule has 0 aliphatic heterocycles. The highest BCUT2D eigenvalue weighted by Crippen LogP contribution is 2.07. The molecule has 0 amide bonds. The van der Waals surface area contributed by atoms with Gasteiger partial charge in [0.05, 0.1) is 6.20 Å². The van der Waals surface area contributed by atoms with Gasteiger partial charge in [-0.05, 0) is 28.7 Å². The molecule has 2 heterocycles. The molecule has 2 aromatic heterocycles. The lowest BCUT2D eigenvalue weighted by atomic mass is 10.4. The number of halogens is 2. The van der Waals surface area contributed by atoms with Gasteiger partial charge in [-0.1, -0.05) is 0 Å². The third kappa shape index (κ3) is 2.22. The number of rotatable bonds is 1. The van der Waals surface area contributed by atoms with E-state index in [9.17, 15) is 0 Å². The van der Waals surface area contributed by atoms with Crippen molar-refractivity contribution in [2.75, 3.05) is 0 Å². The molecular formula is C10H7I2N2+. The van der Waals surface area contributed by atoms with Crippen LogP contribution in [0.1, 0.15) is 0 Å². The van der Waals surface area contributed by atoms with Gasteiger partial charge in [0, 0.05) is 50.6 Å². The average Bonchev–Trinajstić information content (AvgIpc) is 2.18. The zero-order valence-corrected chi connectivity index (χ0v) is 11.5. The summed E-state index contributed by atoms with van der Waals surface area (Å²) in [6, 6.07) is 8.22. The van der Waals surface area contributed by atoms with Crippen molar-refractivity contribution in [1.82, 2.24) is 4.98 Å².